The number of amides is 1. The van der Waals surface area contributed by atoms with Crippen molar-refractivity contribution >= 4 is 15.9 Å². The summed E-state index contributed by atoms with van der Waals surface area (Å²) in [5.41, 5.74) is 3.14. The van der Waals surface area contributed by atoms with Gasteiger partial charge in [0.1, 0.15) is 11.5 Å². The van der Waals surface area contributed by atoms with Crippen molar-refractivity contribution in [1.29, 1.82) is 0 Å². The second-order valence-corrected chi connectivity index (χ2v) is 9.80. The molecule has 1 N–H and O–H groups in total. The molecule has 1 aliphatic heterocycles. The van der Waals surface area contributed by atoms with Crippen LogP contribution < -0.4 is 14.8 Å². The Labute approximate surface area is 184 Å². The number of methoxy groups -OCH3 is 1. The number of rotatable bonds is 7. The Morgan fingerprint density at radius 1 is 1.03 bits per heavy atom. The molecule has 0 radical (unpaired) electrons. The van der Waals surface area contributed by atoms with Crippen LogP contribution in [0.5, 0.6) is 11.5 Å². The smallest absolute Gasteiger partial charge is 0.258 e. The molecule has 168 valence electrons. The first-order valence-corrected chi connectivity index (χ1v) is 11.8. The van der Waals surface area contributed by atoms with Gasteiger partial charge in [-0.2, -0.15) is 4.31 Å². The van der Waals surface area contributed by atoms with Crippen LogP contribution in [0.25, 0.3) is 0 Å². The number of benzene rings is 2. The molecule has 1 aliphatic rings. The van der Waals surface area contributed by atoms with Gasteiger partial charge in [0, 0.05) is 19.1 Å². The summed E-state index contributed by atoms with van der Waals surface area (Å²) in [6, 6.07) is 10.3. The number of ether oxygens (including phenoxy) is 2. The Morgan fingerprint density at radius 2 is 1.65 bits per heavy atom. The van der Waals surface area contributed by atoms with Gasteiger partial charge in [0.25, 0.3) is 5.91 Å². The van der Waals surface area contributed by atoms with Crippen LogP contribution in [0.3, 0.4) is 0 Å². The summed E-state index contributed by atoms with van der Waals surface area (Å²) in [5, 5.41) is 2.97. The summed E-state index contributed by atoms with van der Waals surface area (Å²) in [6.07, 6.45) is 1.12. The molecule has 7 nitrogen and oxygen atoms in total. The van der Waals surface area contributed by atoms with E-state index >= 15 is 0 Å². The average Bonchev–Trinajstić information content (AvgIpc) is 2.77. The maximum atomic E-state index is 12.8. The third-order valence-corrected chi connectivity index (χ3v) is 7.65. The lowest BCUT2D eigenvalue weighted by atomic mass is 10.1. The number of nitrogens with one attached hydrogen (secondary N) is 1. The molecule has 0 bridgehead atoms. The first-order valence-electron chi connectivity index (χ1n) is 10.4. The molecule has 1 amide bonds. The summed E-state index contributed by atoms with van der Waals surface area (Å²) < 4.78 is 38.0. The van der Waals surface area contributed by atoms with Crippen molar-refractivity contribution in [2.24, 2.45) is 0 Å². The van der Waals surface area contributed by atoms with Gasteiger partial charge >= 0.3 is 0 Å². The number of carbonyl (C=O) groups is 1. The van der Waals surface area contributed by atoms with E-state index in [0.717, 1.165) is 22.4 Å². The molecule has 2 aromatic rings. The van der Waals surface area contributed by atoms with Gasteiger partial charge in [-0.3, -0.25) is 4.79 Å². The van der Waals surface area contributed by atoms with Crippen LogP contribution in [-0.2, 0) is 14.8 Å². The van der Waals surface area contributed by atoms with Crippen LogP contribution in [0.2, 0.25) is 0 Å². The maximum Gasteiger partial charge on any atom is 0.258 e. The summed E-state index contributed by atoms with van der Waals surface area (Å²) >= 11 is 0. The monoisotopic (exact) mass is 446 g/mol. The molecule has 8 heteroatoms. The molecule has 0 aliphatic carbocycles. The normalized spacial score (nSPS) is 15.5. The van der Waals surface area contributed by atoms with E-state index in [9.17, 15) is 13.2 Å². The number of hydrogen-bond donors (Lipinski definition) is 1. The average molecular weight is 447 g/mol. The molecule has 0 aromatic heterocycles. The quantitative estimate of drug-likeness (QED) is 0.707. The van der Waals surface area contributed by atoms with Crippen molar-refractivity contribution in [2.45, 2.75) is 44.6 Å². The van der Waals surface area contributed by atoms with E-state index in [4.69, 9.17) is 9.47 Å². The number of nitrogens with zero attached hydrogens (tertiary/aromatic N) is 1. The molecule has 0 saturated carbocycles. The van der Waals surface area contributed by atoms with Crippen LogP contribution in [0.1, 0.15) is 29.5 Å². The molecule has 0 atom stereocenters. The van der Waals surface area contributed by atoms with Gasteiger partial charge in [0.15, 0.2) is 6.61 Å². The topological polar surface area (TPSA) is 84.9 Å². The van der Waals surface area contributed by atoms with Crippen molar-refractivity contribution in [1.82, 2.24) is 9.62 Å². The van der Waals surface area contributed by atoms with E-state index in [0.29, 0.717) is 31.7 Å². The summed E-state index contributed by atoms with van der Waals surface area (Å²) in [5.74, 6) is 1.16. The number of carbonyl (C=O) groups excluding carboxylic acids is 1. The lowest BCUT2D eigenvalue weighted by Crippen LogP contribution is -2.47. The lowest BCUT2D eigenvalue weighted by Gasteiger charge is -2.31. The minimum absolute atomic E-state index is 0.0600. The number of sulfonamides is 1. The van der Waals surface area contributed by atoms with Gasteiger partial charge in [-0.1, -0.05) is 12.1 Å². The second-order valence-electron chi connectivity index (χ2n) is 7.86. The molecule has 1 fully saturated rings. The fraction of sp³-hybridized carbons (Fsp3) is 0.435. The first kappa shape index (κ1) is 23.1. The Balaban J connectivity index is 1.51. The van der Waals surface area contributed by atoms with Crippen molar-refractivity contribution < 1.29 is 22.7 Å². The SMILES string of the molecule is COc1ccc(S(=O)(=O)N2CCC(NC(=O)COc3c(C)ccc(C)c3C)CC2)cc1. The Hall–Kier alpha value is -2.58. The van der Waals surface area contributed by atoms with E-state index in [1.165, 1.54) is 11.4 Å². The van der Waals surface area contributed by atoms with Gasteiger partial charge in [0.05, 0.1) is 12.0 Å². The van der Waals surface area contributed by atoms with Crippen LogP contribution in [0.15, 0.2) is 41.3 Å². The molecular weight excluding hydrogens is 416 g/mol. The van der Waals surface area contributed by atoms with Crippen LogP contribution >= 0.6 is 0 Å². The van der Waals surface area contributed by atoms with Crippen molar-refractivity contribution in [3.8, 4) is 11.5 Å². The molecule has 3 rings (SSSR count). The van der Waals surface area contributed by atoms with Crippen LogP contribution in [-0.4, -0.2) is 51.5 Å². The molecule has 1 heterocycles. The largest absolute Gasteiger partial charge is 0.497 e. The summed E-state index contributed by atoms with van der Waals surface area (Å²) in [4.78, 5) is 12.6. The number of aryl methyl sites for hydroxylation is 2. The number of hydrogen-bond acceptors (Lipinski definition) is 5. The predicted octanol–water partition coefficient (Wildman–Crippen LogP) is 2.97. The minimum atomic E-state index is -3.56. The highest BCUT2D eigenvalue weighted by Crippen LogP contribution is 2.26. The highest BCUT2D eigenvalue weighted by atomic mass is 32.2. The van der Waals surface area contributed by atoms with Gasteiger partial charge in [-0.05, 0) is 74.6 Å². The molecule has 0 unspecified atom stereocenters. The minimum Gasteiger partial charge on any atom is -0.497 e. The van der Waals surface area contributed by atoms with Gasteiger partial charge in [-0.15, -0.1) is 0 Å². The van der Waals surface area contributed by atoms with Crippen molar-refractivity contribution in [3.05, 3.63) is 53.1 Å². The summed E-state index contributed by atoms with van der Waals surface area (Å²) in [6.45, 7) is 6.60. The zero-order valence-electron chi connectivity index (χ0n) is 18.5. The maximum absolute atomic E-state index is 12.8. The van der Waals surface area contributed by atoms with Gasteiger partial charge in [0.2, 0.25) is 10.0 Å². The van der Waals surface area contributed by atoms with E-state index in [2.05, 4.69) is 5.32 Å². The third kappa shape index (κ3) is 5.37. The molecule has 2 aromatic carbocycles. The van der Waals surface area contributed by atoms with E-state index in [1.807, 2.05) is 32.9 Å². The van der Waals surface area contributed by atoms with Gasteiger partial charge < -0.3 is 14.8 Å². The van der Waals surface area contributed by atoms with Gasteiger partial charge in [-0.25, -0.2) is 8.42 Å². The molecular formula is C23H30N2O5S. The first-order chi connectivity index (χ1) is 14.7. The van der Waals surface area contributed by atoms with E-state index in [-0.39, 0.29) is 23.5 Å². The Morgan fingerprint density at radius 3 is 2.26 bits per heavy atom. The van der Waals surface area contributed by atoms with Crippen molar-refractivity contribution in [2.75, 3.05) is 26.8 Å². The highest BCUT2D eigenvalue weighted by molar-refractivity contribution is 7.89. The molecule has 31 heavy (non-hydrogen) atoms. The van der Waals surface area contributed by atoms with Crippen LogP contribution in [0, 0.1) is 20.8 Å². The lowest BCUT2D eigenvalue weighted by molar-refractivity contribution is -0.124. The Kier molecular flexibility index (Phi) is 7.23. The fourth-order valence-corrected chi connectivity index (χ4v) is 5.16. The van der Waals surface area contributed by atoms with Crippen LogP contribution in [0.4, 0.5) is 0 Å². The molecule has 0 spiro atoms. The van der Waals surface area contributed by atoms with E-state index in [1.54, 1.807) is 24.3 Å². The highest BCUT2D eigenvalue weighted by Gasteiger charge is 2.30. The predicted molar refractivity (Wildman–Crippen MR) is 119 cm³/mol. The molecule has 1 saturated heterocycles. The third-order valence-electron chi connectivity index (χ3n) is 5.74. The zero-order valence-corrected chi connectivity index (χ0v) is 19.3. The second kappa shape index (κ2) is 9.70. The summed E-state index contributed by atoms with van der Waals surface area (Å²) in [7, 11) is -2.02. The zero-order chi connectivity index (χ0) is 22.6. The number of piperidine rings is 1. The fourth-order valence-electron chi connectivity index (χ4n) is 3.69. The van der Waals surface area contributed by atoms with Crippen molar-refractivity contribution in [3.63, 3.8) is 0 Å². The van der Waals surface area contributed by atoms with E-state index < -0.39 is 10.0 Å². The Bertz CT molecular complexity index is 1030. The standard InChI is InChI=1S/C23H30N2O5S/c1-16-5-6-17(2)23(18(16)3)30-15-22(26)24-19-11-13-25(14-12-19)31(27,28)21-9-7-20(29-4)8-10-21/h5-10,19H,11-15H2,1-4H3,(H,24,26).